The number of benzene rings is 1. The van der Waals surface area contributed by atoms with E-state index in [1.54, 1.807) is 18.2 Å². The Balaban J connectivity index is 2.23. The molecule has 0 saturated carbocycles. The minimum atomic E-state index is -3.50. The minimum absolute atomic E-state index is 0.263. The summed E-state index contributed by atoms with van der Waals surface area (Å²) < 4.78 is 27.6. The Labute approximate surface area is 102 Å². The summed E-state index contributed by atoms with van der Waals surface area (Å²) in [5, 5.41) is 3.08. The van der Waals surface area contributed by atoms with Crippen LogP contribution in [-0.4, -0.2) is 14.3 Å². The first-order chi connectivity index (χ1) is 8.13. The number of anilines is 1. The van der Waals surface area contributed by atoms with Gasteiger partial charge in [-0.15, -0.1) is 4.40 Å². The smallest absolute Gasteiger partial charge is 0.286 e. The SMILES string of the molecule is CCCCCC1=NS(=O)(=O)c2ccccc2N1. The molecule has 5 heteroatoms. The summed E-state index contributed by atoms with van der Waals surface area (Å²) in [6.07, 6.45) is 3.83. The number of nitrogens with zero attached hydrogens (tertiary/aromatic N) is 1. The van der Waals surface area contributed by atoms with E-state index in [0.717, 1.165) is 19.3 Å². The average Bonchev–Trinajstić information content (AvgIpc) is 2.29. The lowest BCUT2D eigenvalue weighted by atomic mass is 10.2. The average molecular weight is 252 g/mol. The van der Waals surface area contributed by atoms with Crippen LogP contribution in [0.25, 0.3) is 0 Å². The Morgan fingerprint density at radius 1 is 1.24 bits per heavy atom. The second kappa shape index (κ2) is 4.87. The van der Waals surface area contributed by atoms with Crippen LogP contribution >= 0.6 is 0 Å². The van der Waals surface area contributed by atoms with E-state index in [9.17, 15) is 8.42 Å². The third-order valence-corrected chi connectivity index (χ3v) is 4.06. The van der Waals surface area contributed by atoms with E-state index in [1.165, 1.54) is 0 Å². The summed E-state index contributed by atoms with van der Waals surface area (Å²) in [7, 11) is -3.50. The second-order valence-electron chi connectivity index (χ2n) is 4.09. The molecule has 0 aromatic heterocycles. The first kappa shape index (κ1) is 12.1. The summed E-state index contributed by atoms with van der Waals surface area (Å²) in [5.74, 6) is 0.553. The second-order valence-corrected chi connectivity index (χ2v) is 5.66. The first-order valence-electron chi connectivity index (χ1n) is 5.83. The van der Waals surface area contributed by atoms with Gasteiger partial charge in [0.25, 0.3) is 10.0 Å². The lowest BCUT2D eigenvalue weighted by Crippen LogP contribution is -2.21. The number of unbranched alkanes of at least 4 members (excludes halogenated alkanes) is 2. The largest absolute Gasteiger partial charge is 0.342 e. The Kier molecular flexibility index (Phi) is 3.47. The standard InChI is InChI=1S/C12H16N2O2S/c1-2-3-4-9-12-13-10-7-5-6-8-11(10)17(15,16)14-12/h5-8H,2-4,9H2,1H3,(H,13,14). The van der Waals surface area contributed by atoms with Crippen molar-refractivity contribution in [3.8, 4) is 0 Å². The van der Waals surface area contributed by atoms with Crippen LogP contribution in [0.2, 0.25) is 0 Å². The van der Waals surface area contributed by atoms with Crippen molar-refractivity contribution in [2.24, 2.45) is 4.40 Å². The van der Waals surface area contributed by atoms with Crippen molar-refractivity contribution in [3.63, 3.8) is 0 Å². The third-order valence-electron chi connectivity index (χ3n) is 2.69. The number of hydrogen-bond acceptors (Lipinski definition) is 3. The monoisotopic (exact) mass is 252 g/mol. The van der Waals surface area contributed by atoms with E-state index in [0.29, 0.717) is 17.9 Å². The molecule has 2 rings (SSSR count). The molecule has 4 nitrogen and oxygen atoms in total. The van der Waals surface area contributed by atoms with Crippen LogP contribution in [0, 0.1) is 0 Å². The van der Waals surface area contributed by atoms with Crippen molar-refractivity contribution >= 4 is 21.5 Å². The molecule has 1 aliphatic heterocycles. The molecule has 0 unspecified atom stereocenters. The molecule has 1 N–H and O–H groups in total. The quantitative estimate of drug-likeness (QED) is 0.838. The van der Waals surface area contributed by atoms with E-state index >= 15 is 0 Å². The minimum Gasteiger partial charge on any atom is -0.342 e. The predicted octanol–water partition coefficient (Wildman–Crippen LogP) is 2.78. The van der Waals surface area contributed by atoms with Crippen LogP contribution in [0.15, 0.2) is 33.6 Å². The summed E-state index contributed by atoms with van der Waals surface area (Å²) in [6.45, 7) is 2.11. The summed E-state index contributed by atoms with van der Waals surface area (Å²) in [4.78, 5) is 0.263. The fourth-order valence-electron chi connectivity index (χ4n) is 1.82. The molecule has 0 amide bonds. The van der Waals surface area contributed by atoms with E-state index in [4.69, 9.17) is 0 Å². The molecule has 1 aliphatic rings. The highest BCUT2D eigenvalue weighted by atomic mass is 32.2. The van der Waals surface area contributed by atoms with Crippen molar-refractivity contribution in [2.45, 2.75) is 37.5 Å². The van der Waals surface area contributed by atoms with Gasteiger partial charge in [-0.05, 0) is 18.6 Å². The maximum absolute atomic E-state index is 11.9. The summed E-state index contributed by atoms with van der Waals surface area (Å²) >= 11 is 0. The normalized spacial score (nSPS) is 16.9. The van der Waals surface area contributed by atoms with Crippen molar-refractivity contribution in [2.75, 3.05) is 5.32 Å². The Bertz CT molecular complexity index is 535. The molecule has 1 aromatic rings. The fraction of sp³-hybridized carbons (Fsp3) is 0.417. The topological polar surface area (TPSA) is 58.5 Å². The fourth-order valence-corrected chi connectivity index (χ4v) is 2.99. The predicted molar refractivity (Wildman–Crippen MR) is 68.8 cm³/mol. The first-order valence-corrected chi connectivity index (χ1v) is 7.27. The lowest BCUT2D eigenvalue weighted by molar-refractivity contribution is 0.597. The highest BCUT2D eigenvalue weighted by Gasteiger charge is 2.23. The van der Waals surface area contributed by atoms with Gasteiger partial charge in [0.05, 0.1) is 5.69 Å². The summed E-state index contributed by atoms with van der Waals surface area (Å²) in [6, 6.07) is 6.86. The van der Waals surface area contributed by atoms with Crippen molar-refractivity contribution in [1.29, 1.82) is 0 Å². The zero-order valence-corrected chi connectivity index (χ0v) is 10.6. The molecule has 0 fully saturated rings. The molecule has 0 bridgehead atoms. The van der Waals surface area contributed by atoms with E-state index in [2.05, 4.69) is 16.6 Å². The number of fused-ring (bicyclic) bond motifs is 1. The zero-order chi connectivity index (χ0) is 12.3. The molecule has 0 saturated heterocycles. The molecule has 0 atom stereocenters. The Morgan fingerprint density at radius 2 is 2.00 bits per heavy atom. The van der Waals surface area contributed by atoms with Gasteiger partial charge in [0, 0.05) is 6.42 Å². The number of amidine groups is 1. The van der Waals surface area contributed by atoms with Crippen molar-refractivity contribution < 1.29 is 8.42 Å². The van der Waals surface area contributed by atoms with Gasteiger partial charge in [-0.25, -0.2) is 0 Å². The van der Waals surface area contributed by atoms with E-state index in [-0.39, 0.29) is 4.90 Å². The van der Waals surface area contributed by atoms with Crippen molar-refractivity contribution in [1.82, 2.24) is 0 Å². The van der Waals surface area contributed by atoms with Crippen LogP contribution in [0.5, 0.6) is 0 Å². The van der Waals surface area contributed by atoms with Gasteiger partial charge in [-0.3, -0.25) is 0 Å². The van der Waals surface area contributed by atoms with Gasteiger partial charge < -0.3 is 5.32 Å². The van der Waals surface area contributed by atoms with Gasteiger partial charge in [0.2, 0.25) is 0 Å². The van der Waals surface area contributed by atoms with Gasteiger partial charge in [-0.2, -0.15) is 8.42 Å². The van der Waals surface area contributed by atoms with Crippen LogP contribution in [0.4, 0.5) is 5.69 Å². The molecule has 0 aliphatic carbocycles. The van der Waals surface area contributed by atoms with Crippen LogP contribution in [0.1, 0.15) is 32.6 Å². The van der Waals surface area contributed by atoms with Crippen molar-refractivity contribution in [3.05, 3.63) is 24.3 Å². The molecule has 1 heterocycles. The zero-order valence-electron chi connectivity index (χ0n) is 9.81. The van der Waals surface area contributed by atoms with Crippen LogP contribution < -0.4 is 5.32 Å². The molecule has 17 heavy (non-hydrogen) atoms. The van der Waals surface area contributed by atoms with Gasteiger partial charge in [0.15, 0.2) is 0 Å². The van der Waals surface area contributed by atoms with E-state index < -0.39 is 10.0 Å². The maximum Gasteiger partial charge on any atom is 0.286 e. The third kappa shape index (κ3) is 2.66. The molecule has 1 aromatic carbocycles. The molecule has 92 valence electrons. The molecule has 0 spiro atoms. The molecule has 0 radical (unpaired) electrons. The van der Waals surface area contributed by atoms with Gasteiger partial charge in [0.1, 0.15) is 10.7 Å². The number of sulfonamides is 1. The molecular formula is C12H16N2O2S. The van der Waals surface area contributed by atoms with E-state index in [1.807, 2.05) is 6.07 Å². The molecular weight excluding hydrogens is 236 g/mol. The summed E-state index contributed by atoms with van der Waals surface area (Å²) in [5.41, 5.74) is 0.633. The number of para-hydroxylation sites is 1. The highest BCUT2D eigenvalue weighted by Crippen LogP contribution is 2.27. The number of hydrogen-bond donors (Lipinski definition) is 1. The van der Waals surface area contributed by atoms with Crippen LogP contribution in [-0.2, 0) is 10.0 Å². The van der Waals surface area contributed by atoms with Gasteiger partial charge in [-0.1, -0.05) is 31.9 Å². The maximum atomic E-state index is 11.9. The van der Waals surface area contributed by atoms with Gasteiger partial charge >= 0.3 is 0 Å². The Hall–Kier alpha value is -1.36. The Morgan fingerprint density at radius 3 is 2.76 bits per heavy atom. The lowest BCUT2D eigenvalue weighted by Gasteiger charge is -2.17. The highest BCUT2D eigenvalue weighted by molar-refractivity contribution is 7.90. The van der Waals surface area contributed by atoms with Crippen LogP contribution in [0.3, 0.4) is 0 Å². The number of rotatable bonds is 4. The number of nitrogens with one attached hydrogen (secondary N) is 1.